The summed E-state index contributed by atoms with van der Waals surface area (Å²) in [5.74, 6) is -1.21. The van der Waals surface area contributed by atoms with E-state index in [1.807, 2.05) is 0 Å². The number of carbonyl (C=O) groups is 2. The highest BCUT2D eigenvalue weighted by atomic mass is 16.6. The fraction of sp³-hybridized carbons (Fsp3) is 0.312. The smallest absolute Gasteiger partial charge is 0.343 e. The molecule has 1 aromatic carbocycles. The van der Waals surface area contributed by atoms with Gasteiger partial charge in [-0.2, -0.15) is 5.10 Å². The number of nitrogens with one attached hydrogen (secondary N) is 1. The van der Waals surface area contributed by atoms with Crippen LogP contribution in [0.1, 0.15) is 27.6 Å². The number of nitrogens with zero attached hydrogens (tertiary/aromatic N) is 3. The summed E-state index contributed by atoms with van der Waals surface area (Å²) in [6.07, 6.45) is 1.23. The third-order valence-electron chi connectivity index (χ3n) is 3.61. The molecule has 144 valence electrons. The van der Waals surface area contributed by atoms with Crippen molar-refractivity contribution >= 4 is 23.4 Å². The number of hydrogen-bond acceptors (Lipinski definition) is 8. The van der Waals surface area contributed by atoms with Gasteiger partial charge in [0.15, 0.2) is 11.5 Å². The number of aryl methyl sites for hydroxylation is 1. The predicted octanol–water partition coefficient (Wildman–Crippen LogP) is 1.77. The van der Waals surface area contributed by atoms with Gasteiger partial charge in [-0.05, 0) is 6.92 Å². The van der Waals surface area contributed by atoms with E-state index in [2.05, 4.69) is 10.4 Å². The number of ether oxygens (including phenoxy) is 3. The molecule has 0 fully saturated rings. The molecule has 0 bridgehead atoms. The van der Waals surface area contributed by atoms with E-state index in [4.69, 9.17) is 14.2 Å². The van der Waals surface area contributed by atoms with Gasteiger partial charge >= 0.3 is 5.97 Å². The Balaban J connectivity index is 2.46. The highest BCUT2D eigenvalue weighted by Crippen LogP contribution is 2.35. The highest BCUT2D eigenvalue weighted by molar-refractivity contribution is 6.09. The lowest BCUT2D eigenvalue weighted by molar-refractivity contribution is -0.385. The van der Waals surface area contributed by atoms with Crippen LogP contribution in [-0.2, 0) is 11.8 Å². The minimum absolute atomic E-state index is 0.0239. The first-order valence-corrected chi connectivity index (χ1v) is 7.74. The van der Waals surface area contributed by atoms with Crippen LogP contribution in [0, 0.1) is 10.1 Å². The second kappa shape index (κ2) is 8.17. The zero-order chi connectivity index (χ0) is 20.1. The first-order chi connectivity index (χ1) is 12.8. The zero-order valence-corrected chi connectivity index (χ0v) is 15.1. The normalized spacial score (nSPS) is 10.2. The van der Waals surface area contributed by atoms with E-state index < -0.39 is 22.5 Å². The van der Waals surface area contributed by atoms with Crippen LogP contribution in [0.4, 0.5) is 11.5 Å². The molecule has 0 aliphatic heterocycles. The van der Waals surface area contributed by atoms with Crippen LogP contribution >= 0.6 is 0 Å². The number of esters is 1. The van der Waals surface area contributed by atoms with Crippen molar-refractivity contribution in [2.24, 2.45) is 7.05 Å². The Morgan fingerprint density at radius 2 is 1.85 bits per heavy atom. The number of rotatable bonds is 7. The fourth-order valence-corrected chi connectivity index (χ4v) is 2.32. The van der Waals surface area contributed by atoms with Gasteiger partial charge in [0, 0.05) is 13.1 Å². The van der Waals surface area contributed by atoms with Gasteiger partial charge < -0.3 is 19.5 Å². The monoisotopic (exact) mass is 378 g/mol. The summed E-state index contributed by atoms with van der Waals surface area (Å²) in [5.41, 5.74) is -0.727. The quantitative estimate of drug-likeness (QED) is 0.437. The zero-order valence-electron chi connectivity index (χ0n) is 15.1. The van der Waals surface area contributed by atoms with Crippen LogP contribution in [0.2, 0.25) is 0 Å². The van der Waals surface area contributed by atoms with E-state index in [-0.39, 0.29) is 35.1 Å². The molecular formula is C16H18N4O7. The first-order valence-electron chi connectivity index (χ1n) is 7.74. The lowest BCUT2D eigenvalue weighted by atomic mass is 10.1. The third-order valence-corrected chi connectivity index (χ3v) is 3.61. The van der Waals surface area contributed by atoms with Gasteiger partial charge in [0.25, 0.3) is 11.6 Å². The summed E-state index contributed by atoms with van der Waals surface area (Å²) in [6, 6.07) is 2.27. The number of aromatic nitrogens is 2. The van der Waals surface area contributed by atoms with Crippen LogP contribution in [0.3, 0.4) is 0 Å². The van der Waals surface area contributed by atoms with Gasteiger partial charge in [0.05, 0.1) is 38.0 Å². The van der Waals surface area contributed by atoms with E-state index in [0.29, 0.717) is 0 Å². The molecule has 0 saturated carbocycles. The van der Waals surface area contributed by atoms with Crippen LogP contribution in [0.5, 0.6) is 11.5 Å². The maximum atomic E-state index is 12.7. The van der Waals surface area contributed by atoms with E-state index in [9.17, 15) is 19.7 Å². The van der Waals surface area contributed by atoms with E-state index >= 15 is 0 Å². The Hall–Kier alpha value is -3.63. The predicted molar refractivity (Wildman–Crippen MR) is 93.3 cm³/mol. The van der Waals surface area contributed by atoms with Crippen molar-refractivity contribution in [1.29, 1.82) is 0 Å². The number of benzene rings is 1. The molecule has 0 aliphatic carbocycles. The lowest BCUT2D eigenvalue weighted by Crippen LogP contribution is -2.19. The van der Waals surface area contributed by atoms with Crippen LogP contribution in [0.25, 0.3) is 0 Å². The Labute approximate surface area is 154 Å². The summed E-state index contributed by atoms with van der Waals surface area (Å²) in [6.45, 7) is 1.78. The number of hydrogen-bond donors (Lipinski definition) is 1. The van der Waals surface area contributed by atoms with Crippen molar-refractivity contribution < 1.29 is 28.7 Å². The molecule has 11 heteroatoms. The van der Waals surface area contributed by atoms with Gasteiger partial charge in [-0.15, -0.1) is 0 Å². The maximum absolute atomic E-state index is 12.7. The molecule has 0 saturated heterocycles. The van der Waals surface area contributed by atoms with Gasteiger partial charge in [0.2, 0.25) is 0 Å². The Kier molecular flexibility index (Phi) is 5.96. The van der Waals surface area contributed by atoms with Crippen molar-refractivity contribution in [2.45, 2.75) is 6.92 Å². The molecule has 2 aromatic rings. The van der Waals surface area contributed by atoms with Gasteiger partial charge in [-0.3, -0.25) is 19.6 Å². The van der Waals surface area contributed by atoms with Crippen molar-refractivity contribution in [3.63, 3.8) is 0 Å². The molecular weight excluding hydrogens is 360 g/mol. The van der Waals surface area contributed by atoms with Gasteiger partial charge in [0.1, 0.15) is 16.9 Å². The van der Waals surface area contributed by atoms with Crippen LogP contribution < -0.4 is 14.8 Å². The van der Waals surface area contributed by atoms with Gasteiger partial charge in [-0.1, -0.05) is 0 Å². The maximum Gasteiger partial charge on any atom is 0.343 e. The second-order valence-corrected chi connectivity index (χ2v) is 5.19. The molecule has 1 N–H and O–H groups in total. The molecule has 1 heterocycles. The van der Waals surface area contributed by atoms with Crippen LogP contribution in [-0.4, -0.2) is 47.4 Å². The van der Waals surface area contributed by atoms with E-state index in [1.165, 1.54) is 38.2 Å². The summed E-state index contributed by atoms with van der Waals surface area (Å²) in [7, 11) is 4.16. The molecule has 11 nitrogen and oxygen atoms in total. The number of nitro benzene ring substituents is 1. The first kappa shape index (κ1) is 19.7. The van der Waals surface area contributed by atoms with Crippen molar-refractivity contribution in [1.82, 2.24) is 9.78 Å². The molecule has 0 unspecified atom stereocenters. The molecule has 1 aromatic heterocycles. The van der Waals surface area contributed by atoms with Gasteiger partial charge in [-0.25, -0.2) is 4.79 Å². The lowest BCUT2D eigenvalue weighted by Gasteiger charge is -2.12. The third kappa shape index (κ3) is 3.97. The standard InChI is InChI=1S/C16H18N4O7/c1-5-27-16(22)10-8-17-19(2)14(10)18-15(21)9-6-12(25-3)13(26-4)7-11(9)20(23)24/h6-8H,5H2,1-4H3,(H,18,21). The van der Waals surface area contributed by atoms with E-state index in [0.717, 1.165) is 6.07 Å². The van der Waals surface area contributed by atoms with Crippen LogP contribution in [0.15, 0.2) is 18.3 Å². The number of methoxy groups -OCH3 is 2. The summed E-state index contributed by atoms with van der Waals surface area (Å²) >= 11 is 0. The SMILES string of the molecule is CCOC(=O)c1cnn(C)c1NC(=O)c1cc(OC)c(OC)cc1[N+](=O)[O-]. The number of carbonyl (C=O) groups excluding carboxylic acids is 2. The molecule has 27 heavy (non-hydrogen) atoms. The summed E-state index contributed by atoms with van der Waals surface area (Å²) in [5, 5.41) is 17.7. The van der Waals surface area contributed by atoms with Crippen molar-refractivity contribution in [3.05, 3.63) is 39.6 Å². The average Bonchev–Trinajstić information content (AvgIpc) is 3.01. The Morgan fingerprint density at radius 3 is 2.41 bits per heavy atom. The number of anilines is 1. The van der Waals surface area contributed by atoms with Crippen molar-refractivity contribution in [3.8, 4) is 11.5 Å². The molecule has 0 radical (unpaired) electrons. The minimum Gasteiger partial charge on any atom is -0.493 e. The summed E-state index contributed by atoms with van der Waals surface area (Å²) in [4.78, 5) is 35.3. The molecule has 1 amide bonds. The minimum atomic E-state index is -0.822. The van der Waals surface area contributed by atoms with E-state index in [1.54, 1.807) is 6.92 Å². The molecule has 0 aliphatic rings. The topological polar surface area (TPSA) is 135 Å². The summed E-state index contributed by atoms with van der Waals surface area (Å²) < 4.78 is 16.3. The number of nitro groups is 1. The van der Waals surface area contributed by atoms with Crippen molar-refractivity contribution in [2.75, 3.05) is 26.1 Å². The number of amides is 1. The average molecular weight is 378 g/mol. The largest absolute Gasteiger partial charge is 0.493 e. The highest BCUT2D eigenvalue weighted by Gasteiger charge is 2.27. The Morgan fingerprint density at radius 1 is 1.22 bits per heavy atom. The molecule has 0 spiro atoms. The molecule has 2 rings (SSSR count). The second-order valence-electron chi connectivity index (χ2n) is 5.19. The Bertz CT molecular complexity index is 891. The fourth-order valence-electron chi connectivity index (χ4n) is 2.32. The molecule has 0 atom stereocenters.